The lowest BCUT2D eigenvalue weighted by molar-refractivity contribution is -0.118. The predicted octanol–water partition coefficient (Wildman–Crippen LogP) is 0.812. The number of ketones is 1. The number of carbonyl (C=O) groups excluding carboxylic acids is 1. The van der Waals surface area contributed by atoms with E-state index in [2.05, 4.69) is 4.90 Å². The van der Waals surface area contributed by atoms with Gasteiger partial charge < -0.3 is 10.0 Å². The molecule has 3 heteroatoms. The van der Waals surface area contributed by atoms with Crippen LogP contribution in [0.15, 0.2) is 0 Å². The highest BCUT2D eigenvalue weighted by molar-refractivity contribution is 5.77. The van der Waals surface area contributed by atoms with Crippen molar-refractivity contribution in [2.75, 3.05) is 19.6 Å². The minimum absolute atomic E-state index is 0.137. The van der Waals surface area contributed by atoms with Crippen molar-refractivity contribution in [3.63, 3.8) is 0 Å². The second kappa shape index (κ2) is 5.35. The topological polar surface area (TPSA) is 40.5 Å². The van der Waals surface area contributed by atoms with Crippen molar-refractivity contribution in [1.82, 2.24) is 4.90 Å². The molecule has 0 aromatic rings. The second-order valence-electron chi connectivity index (χ2n) is 3.74. The molecule has 1 N–H and O–H groups in total. The summed E-state index contributed by atoms with van der Waals surface area (Å²) in [6, 6.07) is 0. The summed E-state index contributed by atoms with van der Waals surface area (Å²) in [6.45, 7) is 4.65. The number of likely N-dealkylation sites (tertiary alicyclic amines) is 1. The number of hydrogen-bond donors (Lipinski definition) is 1. The Hall–Kier alpha value is -0.410. The van der Waals surface area contributed by atoms with E-state index in [1.165, 1.54) is 0 Å². The Balaban J connectivity index is 2.03. The van der Waals surface area contributed by atoms with Crippen LogP contribution in [0.25, 0.3) is 0 Å². The van der Waals surface area contributed by atoms with Crippen molar-refractivity contribution < 1.29 is 9.90 Å². The number of nitrogens with zero attached hydrogens (tertiary/aromatic N) is 1. The van der Waals surface area contributed by atoms with E-state index in [0.717, 1.165) is 32.5 Å². The molecule has 0 bridgehead atoms. The number of hydrogen-bond acceptors (Lipinski definition) is 3. The molecule has 0 aromatic carbocycles. The zero-order chi connectivity index (χ0) is 9.68. The third-order valence-electron chi connectivity index (χ3n) is 2.57. The highest BCUT2D eigenvalue weighted by Gasteiger charge is 2.19. The first-order chi connectivity index (χ1) is 6.22. The lowest BCUT2D eigenvalue weighted by Crippen LogP contribution is -2.23. The van der Waals surface area contributed by atoms with Crippen molar-refractivity contribution in [2.45, 2.75) is 38.7 Å². The molecule has 0 saturated carbocycles. The maximum atomic E-state index is 11.0. The van der Waals surface area contributed by atoms with Crippen molar-refractivity contribution in [3.8, 4) is 0 Å². The SMILES string of the molecule is CCC(=O)CCCN1CCC(O)C1. The molecule has 1 heterocycles. The van der Waals surface area contributed by atoms with Gasteiger partial charge in [-0.2, -0.15) is 0 Å². The molecule has 0 spiro atoms. The van der Waals surface area contributed by atoms with Gasteiger partial charge in [-0.1, -0.05) is 6.92 Å². The van der Waals surface area contributed by atoms with E-state index in [1.54, 1.807) is 0 Å². The number of aliphatic hydroxyl groups excluding tert-OH is 1. The van der Waals surface area contributed by atoms with Crippen molar-refractivity contribution in [2.24, 2.45) is 0 Å². The fourth-order valence-electron chi connectivity index (χ4n) is 1.69. The number of Topliss-reactive ketones (excluding diaryl/α,β-unsaturated/α-hetero) is 1. The Bertz CT molecular complexity index is 170. The maximum Gasteiger partial charge on any atom is 0.132 e. The third-order valence-corrected chi connectivity index (χ3v) is 2.57. The minimum atomic E-state index is -0.137. The van der Waals surface area contributed by atoms with E-state index in [4.69, 9.17) is 0 Å². The molecule has 1 saturated heterocycles. The summed E-state index contributed by atoms with van der Waals surface area (Å²) in [7, 11) is 0. The van der Waals surface area contributed by atoms with Gasteiger partial charge in [0.2, 0.25) is 0 Å². The second-order valence-corrected chi connectivity index (χ2v) is 3.74. The molecule has 0 aromatic heterocycles. The number of rotatable bonds is 5. The van der Waals surface area contributed by atoms with Gasteiger partial charge in [0.15, 0.2) is 0 Å². The van der Waals surface area contributed by atoms with Crippen molar-refractivity contribution in [1.29, 1.82) is 0 Å². The molecule has 0 radical (unpaired) electrons. The standard InChI is InChI=1S/C10H19NO2/c1-2-9(12)4-3-6-11-7-5-10(13)8-11/h10,13H,2-8H2,1H3. The van der Waals surface area contributed by atoms with Gasteiger partial charge in [-0.3, -0.25) is 4.79 Å². The van der Waals surface area contributed by atoms with Gasteiger partial charge in [0.25, 0.3) is 0 Å². The summed E-state index contributed by atoms with van der Waals surface area (Å²) >= 11 is 0. The van der Waals surface area contributed by atoms with Crippen LogP contribution in [0.3, 0.4) is 0 Å². The molecule has 1 aliphatic heterocycles. The van der Waals surface area contributed by atoms with Gasteiger partial charge in [0.1, 0.15) is 5.78 Å². The molecule has 0 aliphatic carbocycles. The number of β-amino-alcohol motifs (C(OH)–C–C–N with tert-alkyl or cyclic N) is 1. The zero-order valence-electron chi connectivity index (χ0n) is 8.33. The van der Waals surface area contributed by atoms with Gasteiger partial charge in [0.05, 0.1) is 6.10 Å². The highest BCUT2D eigenvalue weighted by Crippen LogP contribution is 2.09. The van der Waals surface area contributed by atoms with E-state index in [9.17, 15) is 9.90 Å². The molecule has 1 rings (SSSR count). The van der Waals surface area contributed by atoms with E-state index in [-0.39, 0.29) is 6.10 Å². The minimum Gasteiger partial charge on any atom is -0.392 e. The first kappa shape index (κ1) is 10.7. The maximum absolute atomic E-state index is 11.0. The van der Waals surface area contributed by atoms with Crippen molar-refractivity contribution >= 4 is 5.78 Å². The summed E-state index contributed by atoms with van der Waals surface area (Å²) in [5.41, 5.74) is 0. The van der Waals surface area contributed by atoms with Crippen LogP contribution in [-0.4, -0.2) is 41.5 Å². The van der Waals surface area contributed by atoms with Crippen LogP contribution >= 0.6 is 0 Å². The molecule has 1 aliphatic rings. The van der Waals surface area contributed by atoms with Gasteiger partial charge in [-0.15, -0.1) is 0 Å². The molecular formula is C10H19NO2. The summed E-state index contributed by atoms with van der Waals surface area (Å²) < 4.78 is 0. The lowest BCUT2D eigenvalue weighted by atomic mass is 10.2. The summed E-state index contributed by atoms with van der Waals surface area (Å²) in [4.78, 5) is 13.2. The summed E-state index contributed by atoms with van der Waals surface area (Å²) in [6.07, 6.45) is 3.05. The van der Waals surface area contributed by atoms with E-state index < -0.39 is 0 Å². The van der Waals surface area contributed by atoms with E-state index >= 15 is 0 Å². The highest BCUT2D eigenvalue weighted by atomic mass is 16.3. The molecular weight excluding hydrogens is 166 g/mol. The molecule has 1 atom stereocenters. The quantitative estimate of drug-likeness (QED) is 0.689. The zero-order valence-corrected chi connectivity index (χ0v) is 8.33. The van der Waals surface area contributed by atoms with Crippen LogP contribution in [0.1, 0.15) is 32.6 Å². The molecule has 1 unspecified atom stereocenters. The van der Waals surface area contributed by atoms with Gasteiger partial charge in [-0.05, 0) is 19.4 Å². The average molecular weight is 185 g/mol. The largest absolute Gasteiger partial charge is 0.392 e. The third kappa shape index (κ3) is 3.87. The summed E-state index contributed by atoms with van der Waals surface area (Å²) in [5.74, 6) is 0.347. The first-order valence-corrected chi connectivity index (χ1v) is 5.14. The normalized spacial score (nSPS) is 23.7. The Kier molecular flexibility index (Phi) is 4.39. The summed E-state index contributed by atoms with van der Waals surface area (Å²) in [5, 5.41) is 9.25. The van der Waals surface area contributed by atoms with Crippen molar-refractivity contribution in [3.05, 3.63) is 0 Å². The first-order valence-electron chi connectivity index (χ1n) is 5.14. The molecule has 3 nitrogen and oxygen atoms in total. The van der Waals surface area contributed by atoms with Crippen LogP contribution in [-0.2, 0) is 4.79 Å². The van der Waals surface area contributed by atoms with Gasteiger partial charge >= 0.3 is 0 Å². The average Bonchev–Trinajstić information content (AvgIpc) is 2.51. The van der Waals surface area contributed by atoms with Crippen LogP contribution in [0.4, 0.5) is 0 Å². The Labute approximate surface area is 79.7 Å². The van der Waals surface area contributed by atoms with Crippen LogP contribution in [0.2, 0.25) is 0 Å². The smallest absolute Gasteiger partial charge is 0.132 e. The van der Waals surface area contributed by atoms with Gasteiger partial charge in [-0.25, -0.2) is 0 Å². The molecule has 0 amide bonds. The Morgan fingerprint density at radius 2 is 2.38 bits per heavy atom. The van der Waals surface area contributed by atoms with Crippen LogP contribution < -0.4 is 0 Å². The number of carbonyl (C=O) groups is 1. The van der Waals surface area contributed by atoms with Gasteiger partial charge in [0, 0.05) is 25.9 Å². The monoisotopic (exact) mass is 185 g/mol. The Morgan fingerprint density at radius 1 is 1.62 bits per heavy atom. The van der Waals surface area contributed by atoms with E-state index in [0.29, 0.717) is 18.6 Å². The number of aliphatic hydroxyl groups is 1. The fraction of sp³-hybridized carbons (Fsp3) is 0.900. The molecule has 13 heavy (non-hydrogen) atoms. The fourth-order valence-corrected chi connectivity index (χ4v) is 1.69. The Morgan fingerprint density at radius 3 is 2.92 bits per heavy atom. The molecule has 1 fully saturated rings. The molecule has 76 valence electrons. The van der Waals surface area contributed by atoms with E-state index in [1.807, 2.05) is 6.92 Å². The van der Waals surface area contributed by atoms with Crippen LogP contribution in [0.5, 0.6) is 0 Å². The van der Waals surface area contributed by atoms with Crippen LogP contribution in [0, 0.1) is 0 Å². The predicted molar refractivity (Wildman–Crippen MR) is 51.6 cm³/mol. The lowest BCUT2D eigenvalue weighted by Gasteiger charge is -2.13.